The van der Waals surface area contributed by atoms with Gasteiger partial charge in [0.15, 0.2) is 0 Å². The summed E-state index contributed by atoms with van der Waals surface area (Å²) < 4.78 is 0. The zero-order chi connectivity index (χ0) is 13.0. The lowest BCUT2D eigenvalue weighted by atomic mass is 9.96. The van der Waals surface area contributed by atoms with Crippen molar-refractivity contribution in [2.45, 2.75) is 19.4 Å². The largest absolute Gasteiger partial charge is 0.383 e. The Labute approximate surface area is 107 Å². The second kappa shape index (κ2) is 5.60. The van der Waals surface area contributed by atoms with Crippen LogP contribution in [0.4, 0.5) is 5.82 Å². The molecule has 2 rings (SSSR count). The molecule has 0 aliphatic carbocycles. The minimum atomic E-state index is 0.168. The number of aromatic nitrogens is 2. The van der Waals surface area contributed by atoms with Crippen molar-refractivity contribution in [2.24, 2.45) is 0 Å². The summed E-state index contributed by atoms with van der Waals surface area (Å²) >= 11 is 0. The van der Waals surface area contributed by atoms with Crippen molar-refractivity contribution in [3.05, 3.63) is 53.5 Å². The topological polar surface area (TPSA) is 63.8 Å². The second-order valence-electron chi connectivity index (χ2n) is 4.33. The molecule has 2 aromatic rings. The van der Waals surface area contributed by atoms with Crippen molar-refractivity contribution in [2.75, 3.05) is 12.8 Å². The van der Waals surface area contributed by atoms with E-state index in [1.165, 1.54) is 5.56 Å². The van der Waals surface area contributed by atoms with E-state index in [2.05, 4.69) is 22.2 Å². The van der Waals surface area contributed by atoms with Crippen molar-refractivity contribution in [3.63, 3.8) is 0 Å². The van der Waals surface area contributed by atoms with Gasteiger partial charge in [0.05, 0.1) is 0 Å². The first-order valence-electron chi connectivity index (χ1n) is 5.99. The van der Waals surface area contributed by atoms with E-state index in [0.717, 1.165) is 17.5 Å². The van der Waals surface area contributed by atoms with Crippen LogP contribution >= 0.6 is 0 Å². The summed E-state index contributed by atoms with van der Waals surface area (Å²) in [5, 5.41) is 3.31. The highest BCUT2D eigenvalue weighted by atomic mass is 14.9. The third kappa shape index (κ3) is 2.65. The Kier molecular flexibility index (Phi) is 3.89. The maximum Gasteiger partial charge on any atom is 0.128 e. The third-order valence-corrected chi connectivity index (χ3v) is 3.13. The minimum Gasteiger partial charge on any atom is -0.383 e. The first-order chi connectivity index (χ1) is 8.72. The fourth-order valence-corrected chi connectivity index (χ4v) is 2.15. The molecular formula is C14H18N4. The third-order valence-electron chi connectivity index (χ3n) is 3.13. The molecule has 0 aromatic carbocycles. The monoisotopic (exact) mass is 242 g/mol. The van der Waals surface area contributed by atoms with Crippen molar-refractivity contribution in [1.29, 1.82) is 0 Å². The number of rotatable bonds is 4. The van der Waals surface area contributed by atoms with Crippen LogP contribution < -0.4 is 11.1 Å². The Morgan fingerprint density at radius 3 is 2.56 bits per heavy atom. The van der Waals surface area contributed by atoms with E-state index in [9.17, 15) is 0 Å². The van der Waals surface area contributed by atoms with Crippen LogP contribution in [0.25, 0.3) is 0 Å². The summed E-state index contributed by atoms with van der Waals surface area (Å²) in [4.78, 5) is 8.20. The number of hydrogen-bond acceptors (Lipinski definition) is 4. The number of nitrogens with two attached hydrogens (primary N) is 1. The lowest BCUT2D eigenvalue weighted by Gasteiger charge is -2.20. The molecule has 4 nitrogen and oxygen atoms in total. The Morgan fingerprint density at radius 2 is 1.94 bits per heavy atom. The first kappa shape index (κ1) is 12.5. The molecule has 2 aromatic heterocycles. The summed E-state index contributed by atoms with van der Waals surface area (Å²) in [5.41, 5.74) is 9.46. The van der Waals surface area contributed by atoms with Gasteiger partial charge in [-0.25, -0.2) is 4.98 Å². The molecule has 0 saturated heterocycles. The van der Waals surface area contributed by atoms with E-state index >= 15 is 0 Å². The zero-order valence-electron chi connectivity index (χ0n) is 10.7. The van der Waals surface area contributed by atoms with Gasteiger partial charge in [0, 0.05) is 30.2 Å². The number of hydrogen-bond donors (Lipinski definition) is 2. The van der Waals surface area contributed by atoms with Crippen molar-refractivity contribution in [1.82, 2.24) is 15.3 Å². The van der Waals surface area contributed by atoms with Gasteiger partial charge in [0.25, 0.3) is 0 Å². The fraction of sp³-hybridized carbons (Fsp3) is 0.286. The standard InChI is InChI=1S/C14H18N4/c1-10-3-8-18-14(15)13(10)12(16-2)9-11-4-6-17-7-5-11/h3-8,12,16H,9H2,1-2H3,(H2,15,18). The SMILES string of the molecule is CNC(Cc1ccncc1)c1c(C)ccnc1N. The Balaban J connectivity index is 2.29. The fourth-order valence-electron chi connectivity index (χ4n) is 2.15. The predicted octanol–water partition coefficient (Wildman–Crippen LogP) is 1.87. The molecule has 0 bridgehead atoms. The van der Waals surface area contributed by atoms with E-state index in [1.54, 1.807) is 6.20 Å². The van der Waals surface area contributed by atoms with Crippen LogP contribution in [-0.4, -0.2) is 17.0 Å². The zero-order valence-corrected chi connectivity index (χ0v) is 10.7. The summed E-state index contributed by atoms with van der Waals surface area (Å²) in [6, 6.07) is 6.20. The van der Waals surface area contributed by atoms with Gasteiger partial charge >= 0.3 is 0 Å². The van der Waals surface area contributed by atoms with Crippen LogP contribution in [0.2, 0.25) is 0 Å². The van der Waals surface area contributed by atoms with E-state index < -0.39 is 0 Å². The Hall–Kier alpha value is -1.94. The molecule has 0 amide bonds. The number of aryl methyl sites for hydroxylation is 1. The molecule has 1 unspecified atom stereocenters. The van der Waals surface area contributed by atoms with Gasteiger partial charge in [-0.15, -0.1) is 0 Å². The van der Waals surface area contributed by atoms with E-state index in [4.69, 9.17) is 5.73 Å². The molecule has 18 heavy (non-hydrogen) atoms. The number of likely N-dealkylation sites (N-methyl/N-ethyl adjacent to an activating group) is 1. The molecular weight excluding hydrogens is 224 g/mol. The van der Waals surface area contributed by atoms with E-state index in [0.29, 0.717) is 5.82 Å². The second-order valence-corrected chi connectivity index (χ2v) is 4.33. The van der Waals surface area contributed by atoms with Gasteiger partial charge in [-0.2, -0.15) is 0 Å². The van der Waals surface area contributed by atoms with Gasteiger partial charge in [-0.1, -0.05) is 0 Å². The van der Waals surface area contributed by atoms with Crippen LogP contribution in [-0.2, 0) is 6.42 Å². The van der Waals surface area contributed by atoms with Crippen molar-refractivity contribution < 1.29 is 0 Å². The number of nitrogens with one attached hydrogen (secondary N) is 1. The summed E-state index contributed by atoms with van der Waals surface area (Å²) in [6.45, 7) is 2.06. The molecule has 3 N–H and O–H groups in total. The summed E-state index contributed by atoms with van der Waals surface area (Å²) in [6.07, 6.45) is 6.23. The van der Waals surface area contributed by atoms with Crippen LogP contribution in [0.1, 0.15) is 22.7 Å². The van der Waals surface area contributed by atoms with Gasteiger partial charge < -0.3 is 11.1 Å². The highest BCUT2D eigenvalue weighted by molar-refractivity contribution is 5.46. The number of nitrogens with zero attached hydrogens (tertiary/aromatic N) is 2. The molecule has 4 heteroatoms. The van der Waals surface area contributed by atoms with Crippen LogP contribution in [0.15, 0.2) is 36.8 Å². The lowest BCUT2D eigenvalue weighted by Crippen LogP contribution is -2.21. The Morgan fingerprint density at radius 1 is 1.22 bits per heavy atom. The molecule has 0 spiro atoms. The molecule has 0 aliphatic rings. The normalized spacial score (nSPS) is 12.3. The summed E-state index contributed by atoms with van der Waals surface area (Å²) in [5.74, 6) is 0.600. The summed E-state index contributed by atoms with van der Waals surface area (Å²) in [7, 11) is 1.94. The molecule has 2 heterocycles. The van der Waals surface area contributed by atoms with Gasteiger partial charge in [0.1, 0.15) is 5.82 Å². The first-order valence-corrected chi connectivity index (χ1v) is 5.99. The van der Waals surface area contributed by atoms with Crippen LogP contribution in [0, 0.1) is 6.92 Å². The highest BCUT2D eigenvalue weighted by Gasteiger charge is 2.16. The smallest absolute Gasteiger partial charge is 0.128 e. The number of nitrogen functional groups attached to an aromatic ring is 1. The van der Waals surface area contributed by atoms with Gasteiger partial charge in [-0.3, -0.25) is 4.98 Å². The minimum absolute atomic E-state index is 0.168. The van der Waals surface area contributed by atoms with Crippen molar-refractivity contribution in [3.8, 4) is 0 Å². The average molecular weight is 242 g/mol. The van der Waals surface area contributed by atoms with Gasteiger partial charge in [0.2, 0.25) is 0 Å². The van der Waals surface area contributed by atoms with Crippen LogP contribution in [0.3, 0.4) is 0 Å². The van der Waals surface area contributed by atoms with E-state index in [-0.39, 0.29) is 6.04 Å². The quantitative estimate of drug-likeness (QED) is 0.859. The lowest BCUT2D eigenvalue weighted by molar-refractivity contribution is 0.588. The number of pyridine rings is 2. The average Bonchev–Trinajstić information content (AvgIpc) is 2.38. The maximum atomic E-state index is 5.99. The number of anilines is 1. The molecule has 0 radical (unpaired) electrons. The molecule has 0 fully saturated rings. The Bertz CT molecular complexity index is 490. The molecule has 94 valence electrons. The predicted molar refractivity (Wildman–Crippen MR) is 73.1 cm³/mol. The molecule has 0 saturated carbocycles. The van der Waals surface area contributed by atoms with Crippen LogP contribution in [0.5, 0.6) is 0 Å². The van der Waals surface area contributed by atoms with Gasteiger partial charge in [-0.05, 0) is 49.7 Å². The molecule has 1 atom stereocenters. The van der Waals surface area contributed by atoms with Crippen molar-refractivity contribution >= 4 is 5.82 Å². The maximum absolute atomic E-state index is 5.99. The highest BCUT2D eigenvalue weighted by Crippen LogP contribution is 2.25. The van der Waals surface area contributed by atoms with E-state index in [1.807, 2.05) is 37.6 Å². The molecule has 0 aliphatic heterocycles.